The lowest BCUT2D eigenvalue weighted by Gasteiger charge is -2.31. The Balaban J connectivity index is 2.19. The maximum absolute atomic E-state index is 12.3. The van der Waals surface area contributed by atoms with Gasteiger partial charge in [-0.2, -0.15) is 0 Å². The van der Waals surface area contributed by atoms with Gasteiger partial charge in [-0.05, 0) is 31.9 Å². The lowest BCUT2D eigenvalue weighted by molar-refractivity contribution is -0.161. The number of ketones is 1. The zero-order valence-electron chi connectivity index (χ0n) is 12.4. The van der Waals surface area contributed by atoms with Crippen LogP contribution in [-0.4, -0.2) is 18.4 Å². The standard InChI is InChI=1S/C18H20O3/c1-2-21-17(20)18(13-7-6-12-16(18)19)14-8-11-15-9-4-3-5-10-15/h3-5,9-10H,2,6-7,12-14H2,1H3. The molecular formula is C18H20O3. The first-order valence-electron chi connectivity index (χ1n) is 7.43. The van der Waals surface area contributed by atoms with E-state index < -0.39 is 11.4 Å². The number of benzene rings is 1. The molecule has 2 rings (SSSR count). The van der Waals surface area contributed by atoms with Crippen LogP contribution in [0.5, 0.6) is 0 Å². The highest BCUT2D eigenvalue weighted by Crippen LogP contribution is 2.37. The van der Waals surface area contributed by atoms with Crippen LogP contribution in [0.2, 0.25) is 0 Å². The lowest BCUT2D eigenvalue weighted by atomic mass is 9.71. The minimum absolute atomic E-state index is 0.0189. The predicted molar refractivity (Wildman–Crippen MR) is 80.5 cm³/mol. The zero-order chi connectivity index (χ0) is 15.1. The van der Waals surface area contributed by atoms with Crippen LogP contribution in [0.4, 0.5) is 0 Å². The van der Waals surface area contributed by atoms with Gasteiger partial charge < -0.3 is 4.74 Å². The van der Waals surface area contributed by atoms with Crippen LogP contribution in [0.3, 0.4) is 0 Å². The van der Waals surface area contributed by atoms with Crippen LogP contribution in [0.25, 0.3) is 0 Å². The molecule has 0 amide bonds. The summed E-state index contributed by atoms with van der Waals surface area (Å²) in [6, 6.07) is 9.57. The zero-order valence-corrected chi connectivity index (χ0v) is 12.4. The van der Waals surface area contributed by atoms with E-state index in [1.165, 1.54) is 0 Å². The van der Waals surface area contributed by atoms with Crippen LogP contribution in [-0.2, 0) is 14.3 Å². The number of esters is 1. The Morgan fingerprint density at radius 1 is 1.29 bits per heavy atom. The lowest BCUT2D eigenvalue weighted by Crippen LogP contribution is -2.42. The topological polar surface area (TPSA) is 43.4 Å². The van der Waals surface area contributed by atoms with Crippen LogP contribution in [0.1, 0.15) is 44.6 Å². The predicted octanol–water partition coefficient (Wildman–Crippen LogP) is 3.12. The highest BCUT2D eigenvalue weighted by molar-refractivity contribution is 6.04. The van der Waals surface area contributed by atoms with E-state index in [-0.39, 0.29) is 12.2 Å². The molecule has 0 radical (unpaired) electrons. The highest BCUT2D eigenvalue weighted by Gasteiger charge is 2.47. The summed E-state index contributed by atoms with van der Waals surface area (Å²) in [5, 5.41) is 0. The minimum atomic E-state index is -1.05. The summed E-state index contributed by atoms with van der Waals surface area (Å²) in [5.74, 6) is 5.61. The fourth-order valence-electron chi connectivity index (χ4n) is 2.65. The summed E-state index contributed by atoms with van der Waals surface area (Å²) in [4.78, 5) is 24.6. The number of rotatable bonds is 3. The van der Waals surface area contributed by atoms with Gasteiger partial charge in [-0.25, -0.2) is 0 Å². The molecule has 1 atom stereocenters. The molecule has 0 N–H and O–H groups in total. The maximum atomic E-state index is 12.3. The van der Waals surface area contributed by atoms with Crippen molar-refractivity contribution in [2.24, 2.45) is 5.41 Å². The van der Waals surface area contributed by atoms with Gasteiger partial charge >= 0.3 is 5.97 Å². The Hall–Kier alpha value is -2.08. The molecule has 0 bridgehead atoms. The summed E-state index contributed by atoms with van der Waals surface area (Å²) >= 11 is 0. The number of hydrogen-bond acceptors (Lipinski definition) is 3. The first kappa shape index (κ1) is 15.3. The Morgan fingerprint density at radius 3 is 2.71 bits per heavy atom. The van der Waals surface area contributed by atoms with Crippen LogP contribution < -0.4 is 0 Å². The number of ether oxygens (including phenoxy) is 1. The summed E-state index contributed by atoms with van der Waals surface area (Å²) in [6.45, 7) is 2.05. The van der Waals surface area contributed by atoms with E-state index in [2.05, 4.69) is 11.8 Å². The molecule has 0 aromatic heterocycles. The molecule has 0 spiro atoms. The summed E-state index contributed by atoms with van der Waals surface area (Å²) in [5.41, 5.74) is -0.157. The third kappa shape index (κ3) is 3.52. The molecule has 1 aliphatic rings. The number of hydrogen-bond donors (Lipinski definition) is 0. The van der Waals surface area contributed by atoms with Gasteiger partial charge in [0.05, 0.1) is 6.61 Å². The van der Waals surface area contributed by atoms with Gasteiger partial charge in [0.15, 0.2) is 5.78 Å². The minimum Gasteiger partial charge on any atom is -0.465 e. The van der Waals surface area contributed by atoms with Gasteiger partial charge in [-0.15, -0.1) is 0 Å². The fraction of sp³-hybridized carbons (Fsp3) is 0.444. The van der Waals surface area contributed by atoms with Crippen molar-refractivity contribution in [2.75, 3.05) is 6.61 Å². The van der Waals surface area contributed by atoms with E-state index in [1.54, 1.807) is 6.92 Å². The van der Waals surface area contributed by atoms with E-state index in [0.29, 0.717) is 19.4 Å². The Labute approximate surface area is 125 Å². The third-order valence-corrected chi connectivity index (χ3v) is 3.85. The van der Waals surface area contributed by atoms with Crippen molar-refractivity contribution in [3.63, 3.8) is 0 Å². The van der Waals surface area contributed by atoms with Crippen molar-refractivity contribution >= 4 is 11.8 Å². The smallest absolute Gasteiger partial charge is 0.320 e. The van der Waals surface area contributed by atoms with Crippen molar-refractivity contribution in [3.05, 3.63) is 35.9 Å². The van der Waals surface area contributed by atoms with E-state index in [0.717, 1.165) is 18.4 Å². The summed E-state index contributed by atoms with van der Waals surface area (Å²) < 4.78 is 5.13. The Kier molecular flexibility index (Phi) is 5.16. The first-order valence-corrected chi connectivity index (χ1v) is 7.43. The van der Waals surface area contributed by atoms with Crippen LogP contribution in [0, 0.1) is 17.3 Å². The molecule has 1 aliphatic carbocycles. The average molecular weight is 284 g/mol. The second-order valence-corrected chi connectivity index (χ2v) is 5.28. The molecule has 1 fully saturated rings. The van der Waals surface area contributed by atoms with Gasteiger partial charge in [0.1, 0.15) is 5.41 Å². The molecule has 110 valence electrons. The number of Topliss-reactive ketones (excluding diaryl/α,β-unsaturated/α-hetero) is 1. The molecule has 3 nitrogen and oxygen atoms in total. The van der Waals surface area contributed by atoms with Crippen LogP contribution >= 0.6 is 0 Å². The van der Waals surface area contributed by atoms with Crippen LogP contribution in [0.15, 0.2) is 30.3 Å². The van der Waals surface area contributed by atoms with Gasteiger partial charge in [0, 0.05) is 18.4 Å². The average Bonchev–Trinajstić information content (AvgIpc) is 2.50. The van der Waals surface area contributed by atoms with E-state index in [4.69, 9.17) is 4.74 Å². The molecular weight excluding hydrogens is 264 g/mol. The molecule has 1 saturated carbocycles. The Bertz CT molecular complexity index is 565. The molecule has 3 heteroatoms. The van der Waals surface area contributed by atoms with Gasteiger partial charge in [0.2, 0.25) is 0 Å². The van der Waals surface area contributed by atoms with E-state index in [9.17, 15) is 9.59 Å². The van der Waals surface area contributed by atoms with Crippen molar-refractivity contribution < 1.29 is 14.3 Å². The van der Waals surface area contributed by atoms with Crippen molar-refractivity contribution in [3.8, 4) is 11.8 Å². The molecule has 21 heavy (non-hydrogen) atoms. The maximum Gasteiger partial charge on any atom is 0.320 e. The number of carbonyl (C=O) groups excluding carboxylic acids is 2. The monoisotopic (exact) mass is 284 g/mol. The highest BCUT2D eigenvalue weighted by atomic mass is 16.5. The second-order valence-electron chi connectivity index (χ2n) is 5.28. The quantitative estimate of drug-likeness (QED) is 0.486. The third-order valence-electron chi connectivity index (χ3n) is 3.85. The van der Waals surface area contributed by atoms with Crippen molar-refractivity contribution in [1.29, 1.82) is 0 Å². The Morgan fingerprint density at radius 2 is 2.05 bits per heavy atom. The SMILES string of the molecule is CCOC(=O)C1(CC#Cc2ccccc2)CCCCC1=O. The molecule has 1 aromatic rings. The second kappa shape index (κ2) is 7.08. The van der Waals surface area contributed by atoms with Gasteiger partial charge in [-0.1, -0.05) is 36.5 Å². The molecule has 0 heterocycles. The molecule has 0 aliphatic heterocycles. The van der Waals surface area contributed by atoms with E-state index in [1.807, 2.05) is 30.3 Å². The normalized spacial score (nSPS) is 21.3. The molecule has 1 aromatic carbocycles. The molecule has 1 unspecified atom stereocenters. The molecule has 0 saturated heterocycles. The van der Waals surface area contributed by atoms with Crippen molar-refractivity contribution in [2.45, 2.75) is 39.0 Å². The van der Waals surface area contributed by atoms with Gasteiger partial charge in [0.25, 0.3) is 0 Å². The van der Waals surface area contributed by atoms with Crippen molar-refractivity contribution in [1.82, 2.24) is 0 Å². The van der Waals surface area contributed by atoms with Gasteiger partial charge in [-0.3, -0.25) is 9.59 Å². The first-order chi connectivity index (χ1) is 10.2. The summed E-state index contributed by atoms with van der Waals surface area (Å²) in [6.07, 6.45) is 2.98. The summed E-state index contributed by atoms with van der Waals surface area (Å²) in [7, 11) is 0. The van der Waals surface area contributed by atoms with E-state index >= 15 is 0 Å². The largest absolute Gasteiger partial charge is 0.465 e. The number of carbonyl (C=O) groups is 2. The fourth-order valence-corrected chi connectivity index (χ4v) is 2.65.